The fourth-order valence-electron chi connectivity index (χ4n) is 4.24. The first-order valence-electron chi connectivity index (χ1n) is 10.6. The summed E-state index contributed by atoms with van der Waals surface area (Å²) in [5, 5.41) is 0. The molecule has 7 heteroatoms. The number of benzene rings is 2. The molecule has 172 valence electrons. The van der Waals surface area contributed by atoms with Crippen molar-refractivity contribution in [2.45, 2.75) is 24.9 Å². The Bertz CT molecular complexity index is 955. The highest BCUT2D eigenvalue weighted by atomic mass is 19.4. The Labute approximate surface area is 187 Å². The van der Waals surface area contributed by atoms with Crippen LogP contribution in [0.3, 0.4) is 0 Å². The third-order valence-electron chi connectivity index (χ3n) is 5.94. The number of methoxy groups -OCH3 is 1. The number of nitrogens with zero attached hydrogens (tertiary/aromatic N) is 2. The van der Waals surface area contributed by atoms with Crippen LogP contribution in [0, 0.1) is 5.92 Å². The first-order valence-corrected chi connectivity index (χ1v) is 10.6. The van der Waals surface area contributed by atoms with E-state index in [1.54, 1.807) is 18.1 Å². The van der Waals surface area contributed by atoms with E-state index in [4.69, 9.17) is 4.74 Å². The Morgan fingerprint density at radius 1 is 1.19 bits per heavy atom. The lowest BCUT2D eigenvalue weighted by Gasteiger charge is -2.29. The summed E-state index contributed by atoms with van der Waals surface area (Å²) in [5.41, 5.74) is 1.27. The van der Waals surface area contributed by atoms with E-state index in [0.717, 1.165) is 11.6 Å². The molecule has 2 aromatic rings. The van der Waals surface area contributed by atoms with Gasteiger partial charge >= 0.3 is 6.18 Å². The molecular formula is C25H29F3N2O2. The van der Waals surface area contributed by atoms with Gasteiger partial charge in [-0.2, -0.15) is 13.2 Å². The molecular weight excluding hydrogens is 417 g/mol. The third kappa shape index (κ3) is 5.15. The monoisotopic (exact) mass is 446 g/mol. The number of likely N-dealkylation sites (N-methyl/N-ethyl adjacent to an activating group) is 1. The number of alkyl halides is 3. The standard InChI is InChI=1S/C25H29F3N2O2/c1-5-6-21-22(17-7-10-20(32-4)11-8-17)16-18-15-19(25(26,27)28)9-12-23(18)30(24(21)31)14-13-29(2)3/h5,7-12,15,21-22H,1,6,13-14,16H2,2-4H3. The van der Waals surface area contributed by atoms with Crippen molar-refractivity contribution in [3.05, 3.63) is 71.8 Å². The molecule has 0 radical (unpaired) electrons. The molecule has 0 saturated heterocycles. The number of ether oxygens (including phenoxy) is 1. The molecule has 1 aliphatic heterocycles. The number of rotatable bonds is 7. The highest BCUT2D eigenvalue weighted by Crippen LogP contribution is 2.42. The minimum absolute atomic E-state index is 0.0916. The lowest BCUT2D eigenvalue weighted by atomic mass is 9.80. The molecule has 0 bridgehead atoms. The average Bonchev–Trinajstić information content (AvgIpc) is 2.86. The number of allylic oxidation sites excluding steroid dienone is 1. The first-order chi connectivity index (χ1) is 15.2. The van der Waals surface area contributed by atoms with Crippen molar-refractivity contribution in [1.29, 1.82) is 0 Å². The van der Waals surface area contributed by atoms with Crippen molar-refractivity contribution in [2.24, 2.45) is 5.92 Å². The molecule has 4 nitrogen and oxygen atoms in total. The topological polar surface area (TPSA) is 32.8 Å². The van der Waals surface area contributed by atoms with Crippen molar-refractivity contribution in [2.75, 3.05) is 39.2 Å². The number of carbonyl (C=O) groups excluding carboxylic acids is 1. The lowest BCUT2D eigenvalue weighted by Crippen LogP contribution is -2.41. The summed E-state index contributed by atoms with van der Waals surface area (Å²) in [4.78, 5) is 17.3. The quantitative estimate of drug-likeness (QED) is 0.552. The highest BCUT2D eigenvalue weighted by molar-refractivity contribution is 5.97. The Morgan fingerprint density at radius 3 is 2.44 bits per heavy atom. The van der Waals surface area contributed by atoms with Crippen molar-refractivity contribution in [1.82, 2.24) is 4.90 Å². The summed E-state index contributed by atoms with van der Waals surface area (Å²) in [6.07, 6.45) is -1.97. The van der Waals surface area contributed by atoms with Gasteiger partial charge in [0.25, 0.3) is 0 Å². The summed E-state index contributed by atoms with van der Waals surface area (Å²) >= 11 is 0. The minimum atomic E-state index is -4.45. The van der Waals surface area contributed by atoms with Gasteiger partial charge in [-0.05, 0) is 74.3 Å². The molecule has 2 atom stereocenters. The third-order valence-corrected chi connectivity index (χ3v) is 5.94. The van der Waals surface area contributed by atoms with E-state index in [0.29, 0.717) is 42.9 Å². The molecule has 0 spiro atoms. The molecule has 32 heavy (non-hydrogen) atoms. The van der Waals surface area contributed by atoms with Crippen LogP contribution < -0.4 is 9.64 Å². The van der Waals surface area contributed by atoms with Crippen molar-refractivity contribution in [3.63, 3.8) is 0 Å². The SMILES string of the molecule is C=CCC1C(=O)N(CCN(C)C)c2ccc(C(F)(F)F)cc2CC1c1ccc(OC)cc1. The molecule has 0 saturated carbocycles. The fraction of sp³-hybridized carbons (Fsp3) is 0.400. The number of amides is 1. The van der Waals surface area contributed by atoms with Crippen LogP contribution in [0.1, 0.15) is 29.0 Å². The second-order valence-corrected chi connectivity index (χ2v) is 8.35. The maximum atomic E-state index is 13.7. The summed E-state index contributed by atoms with van der Waals surface area (Å²) in [5.74, 6) is -0.116. The van der Waals surface area contributed by atoms with Gasteiger partial charge in [0.15, 0.2) is 0 Å². The van der Waals surface area contributed by atoms with Crippen LogP contribution in [0.15, 0.2) is 55.1 Å². The highest BCUT2D eigenvalue weighted by Gasteiger charge is 2.39. The van der Waals surface area contributed by atoms with Gasteiger partial charge in [-0.15, -0.1) is 6.58 Å². The van der Waals surface area contributed by atoms with Crippen molar-refractivity contribution < 1.29 is 22.7 Å². The normalized spacial score (nSPS) is 19.0. The van der Waals surface area contributed by atoms with E-state index in [-0.39, 0.29) is 11.8 Å². The Kier molecular flexibility index (Phi) is 7.29. The van der Waals surface area contributed by atoms with Gasteiger partial charge in [0.2, 0.25) is 5.91 Å². The van der Waals surface area contributed by atoms with E-state index in [1.807, 2.05) is 43.3 Å². The summed E-state index contributed by atoms with van der Waals surface area (Å²) < 4.78 is 45.7. The molecule has 0 fully saturated rings. The number of hydrogen-bond acceptors (Lipinski definition) is 3. The number of anilines is 1. The molecule has 0 aliphatic carbocycles. The van der Waals surface area contributed by atoms with Gasteiger partial charge in [-0.25, -0.2) is 0 Å². The zero-order valence-corrected chi connectivity index (χ0v) is 18.7. The molecule has 0 aromatic heterocycles. The molecule has 1 heterocycles. The molecule has 2 aromatic carbocycles. The minimum Gasteiger partial charge on any atom is -0.497 e. The van der Waals surface area contributed by atoms with Gasteiger partial charge in [-0.3, -0.25) is 4.79 Å². The maximum Gasteiger partial charge on any atom is 0.416 e. The maximum absolute atomic E-state index is 13.7. The lowest BCUT2D eigenvalue weighted by molar-refractivity contribution is -0.137. The average molecular weight is 447 g/mol. The largest absolute Gasteiger partial charge is 0.497 e. The molecule has 2 unspecified atom stereocenters. The smallest absolute Gasteiger partial charge is 0.416 e. The van der Waals surface area contributed by atoms with Gasteiger partial charge in [0.05, 0.1) is 12.7 Å². The number of halogens is 3. The van der Waals surface area contributed by atoms with E-state index in [9.17, 15) is 18.0 Å². The van der Waals surface area contributed by atoms with Crippen LogP contribution >= 0.6 is 0 Å². The van der Waals surface area contributed by atoms with E-state index in [1.165, 1.54) is 12.1 Å². The summed E-state index contributed by atoms with van der Waals surface area (Å²) in [6.45, 7) is 4.82. The summed E-state index contributed by atoms with van der Waals surface area (Å²) in [6, 6.07) is 11.1. The van der Waals surface area contributed by atoms with E-state index in [2.05, 4.69) is 6.58 Å². The van der Waals surface area contributed by atoms with Crippen molar-refractivity contribution in [3.8, 4) is 5.75 Å². The van der Waals surface area contributed by atoms with E-state index >= 15 is 0 Å². The van der Waals surface area contributed by atoms with Crippen LogP contribution in [0.2, 0.25) is 0 Å². The fourth-order valence-corrected chi connectivity index (χ4v) is 4.24. The van der Waals surface area contributed by atoms with Crippen molar-refractivity contribution >= 4 is 11.6 Å². The van der Waals surface area contributed by atoms with Gasteiger partial charge in [-0.1, -0.05) is 18.2 Å². The zero-order valence-electron chi connectivity index (χ0n) is 18.7. The second-order valence-electron chi connectivity index (χ2n) is 8.35. The van der Waals surface area contributed by atoms with Crippen LogP contribution in [0.5, 0.6) is 5.75 Å². The molecule has 3 rings (SSSR count). The van der Waals surface area contributed by atoms with Gasteiger partial charge in [0.1, 0.15) is 5.75 Å². The zero-order chi connectivity index (χ0) is 23.5. The Balaban J connectivity index is 2.13. The molecule has 1 aliphatic rings. The van der Waals surface area contributed by atoms with Gasteiger partial charge in [0, 0.05) is 24.7 Å². The summed E-state index contributed by atoms with van der Waals surface area (Å²) in [7, 11) is 5.37. The van der Waals surface area contributed by atoms with Crippen LogP contribution in [0.25, 0.3) is 0 Å². The number of hydrogen-bond donors (Lipinski definition) is 0. The number of carbonyl (C=O) groups is 1. The van der Waals surface area contributed by atoms with Gasteiger partial charge < -0.3 is 14.5 Å². The van der Waals surface area contributed by atoms with E-state index < -0.39 is 17.7 Å². The second kappa shape index (κ2) is 9.77. The number of fused-ring (bicyclic) bond motifs is 1. The predicted octanol–water partition coefficient (Wildman–Crippen LogP) is 5.14. The molecule has 0 N–H and O–H groups in total. The first kappa shape index (κ1) is 23.9. The van der Waals surface area contributed by atoms with Crippen LogP contribution in [-0.2, 0) is 17.4 Å². The molecule has 1 amide bonds. The Hall–Kier alpha value is -2.80. The van der Waals surface area contributed by atoms with Crippen LogP contribution in [-0.4, -0.2) is 45.1 Å². The predicted molar refractivity (Wildman–Crippen MR) is 120 cm³/mol. The van der Waals surface area contributed by atoms with Crippen LogP contribution in [0.4, 0.5) is 18.9 Å². The Morgan fingerprint density at radius 2 is 1.88 bits per heavy atom.